The molecule has 1 aliphatic heterocycles. The Morgan fingerprint density at radius 3 is 3.14 bits per heavy atom. The van der Waals surface area contributed by atoms with Crippen molar-refractivity contribution in [1.29, 1.82) is 0 Å². The summed E-state index contributed by atoms with van der Waals surface area (Å²) in [6.07, 6.45) is 4.20. The molecule has 0 spiro atoms. The third-order valence-corrected chi connectivity index (χ3v) is 4.10. The van der Waals surface area contributed by atoms with Gasteiger partial charge >= 0.3 is 0 Å². The first-order valence-corrected chi connectivity index (χ1v) is 7.79. The molecule has 1 aromatic heterocycles. The maximum Gasteiger partial charge on any atom is 0.264 e. The number of aliphatic imine (C=N–C) groups is 1. The van der Waals surface area contributed by atoms with Crippen molar-refractivity contribution in [2.45, 2.75) is 6.42 Å². The zero-order valence-corrected chi connectivity index (χ0v) is 12.6. The number of nitrogens with one attached hydrogen (secondary N) is 1. The number of aliphatic hydroxyl groups excluding tert-OH is 1. The Hall–Kier alpha value is -2.18. The van der Waals surface area contributed by atoms with Gasteiger partial charge in [-0.1, -0.05) is 12.1 Å². The molecule has 2 N–H and O–H groups in total. The highest BCUT2D eigenvalue weighted by Gasteiger charge is 2.23. The predicted molar refractivity (Wildman–Crippen MR) is 89.5 cm³/mol. The number of carbonyl (C=O) groups is 1. The highest BCUT2D eigenvalue weighted by atomic mass is 32.2. The number of amides is 1. The van der Waals surface area contributed by atoms with E-state index in [0.717, 1.165) is 16.5 Å². The molecule has 1 saturated heterocycles. The molecule has 0 atom stereocenters. The standard InChI is InChI=1S/C16H15N3O2S/c20-8-2-7-18-16-19-15(21)14(22-16)10-11-4-5-13-12(9-11)3-1-6-17-13/h1,3-6,9-10,20H,2,7-8H2,(H,18,19,21)/b14-10-. The number of benzene rings is 1. The Morgan fingerprint density at radius 2 is 2.27 bits per heavy atom. The quantitative estimate of drug-likeness (QED) is 0.670. The number of fused-ring (bicyclic) bond motifs is 1. The molecular weight excluding hydrogens is 298 g/mol. The molecule has 0 bridgehead atoms. The van der Waals surface area contributed by atoms with E-state index in [4.69, 9.17) is 5.11 Å². The average Bonchev–Trinajstić information content (AvgIpc) is 2.87. The Balaban J connectivity index is 1.81. The van der Waals surface area contributed by atoms with E-state index in [1.165, 1.54) is 11.8 Å². The average molecular weight is 313 g/mol. The van der Waals surface area contributed by atoms with Gasteiger partial charge in [0.2, 0.25) is 0 Å². The number of nitrogens with zero attached hydrogens (tertiary/aromatic N) is 2. The smallest absolute Gasteiger partial charge is 0.264 e. The number of aromatic nitrogens is 1. The second-order valence-corrected chi connectivity index (χ2v) is 5.81. The van der Waals surface area contributed by atoms with Crippen LogP contribution >= 0.6 is 11.8 Å². The maximum absolute atomic E-state index is 11.9. The van der Waals surface area contributed by atoms with Crippen LogP contribution in [0.25, 0.3) is 17.0 Å². The number of hydrogen-bond donors (Lipinski definition) is 2. The van der Waals surface area contributed by atoms with E-state index in [1.807, 2.05) is 36.4 Å². The van der Waals surface area contributed by atoms with E-state index in [-0.39, 0.29) is 12.5 Å². The Kier molecular flexibility index (Phi) is 4.50. The second kappa shape index (κ2) is 6.72. The van der Waals surface area contributed by atoms with Gasteiger partial charge in [-0.15, -0.1) is 0 Å². The number of carbonyl (C=O) groups excluding carboxylic acids is 1. The van der Waals surface area contributed by atoms with Crippen molar-refractivity contribution in [3.8, 4) is 0 Å². The van der Waals surface area contributed by atoms with E-state index in [9.17, 15) is 4.79 Å². The van der Waals surface area contributed by atoms with Crippen LogP contribution in [0.4, 0.5) is 0 Å². The summed E-state index contributed by atoms with van der Waals surface area (Å²) in [5.41, 5.74) is 1.88. The van der Waals surface area contributed by atoms with E-state index < -0.39 is 0 Å². The third kappa shape index (κ3) is 3.35. The fraction of sp³-hybridized carbons (Fsp3) is 0.188. The molecule has 5 nitrogen and oxygen atoms in total. The number of thioether (sulfide) groups is 1. The summed E-state index contributed by atoms with van der Waals surface area (Å²) < 4.78 is 0. The number of hydrogen-bond acceptors (Lipinski definition) is 5. The summed E-state index contributed by atoms with van der Waals surface area (Å²) in [5.74, 6) is -0.140. The molecule has 2 aromatic rings. The van der Waals surface area contributed by atoms with Gasteiger partial charge < -0.3 is 10.4 Å². The largest absolute Gasteiger partial charge is 0.396 e. The first-order chi connectivity index (χ1) is 10.8. The molecule has 0 unspecified atom stereocenters. The minimum atomic E-state index is -0.140. The lowest BCUT2D eigenvalue weighted by Crippen LogP contribution is -2.20. The van der Waals surface area contributed by atoms with E-state index in [2.05, 4.69) is 15.3 Å². The minimum absolute atomic E-state index is 0.100. The van der Waals surface area contributed by atoms with Crippen LogP contribution in [-0.4, -0.2) is 34.3 Å². The number of aliphatic hydroxyl groups is 1. The van der Waals surface area contributed by atoms with Crippen molar-refractivity contribution >= 4 is 39.8 Å². The molecule has 3 rings (SSSR count). The van der Waals surface area contributed by atoms with Crippen LogP contribution in [0.2, 0.25) is 0 Å². The van der Waals surface area contributed by atoms with Crippen molar-refractivity contribution < 1.29 is 9.90 Å². The van der Waals surface area contributed by atoms with Crippen LogP contribution in [0.1, 0.15) is 12.0 Å². The molecule has 0 aliphatic carbocycles. The zero-order valence-electron chi connectivity index (χ0n) is 11.8. The monoisotopic (exact) mass is 313 g/mol. The highest BCUT2D eigenvalue weighted by molar-refractivity contribution is 8.18. The first-order valence-electron chi connectivity index (χ1n) is 6.97. The summed E-state index contributed by atoms with van der Waals surface area (Å²) in [6, 6.07) is 9.77. The lowest BCUT2D eigenvalue weighted by molar-refractivity contribution is -0.115. The second-order valence-electron chi connectivity index (χ2n) is 4.78. The molecule has 1 aliphatic rings. The van der Waals surface area contributed by atoms with Gasteiger partial charge in [-0.3, -0.25) is 14.8 Å². The Morgan fingerprint density at radius 1 is 1.36 bits per heavy atom. The van der Waals surface area contributed by atoms with Crippen LogP contribution in [0.5, 0.6) is 0 Å². The van der Waals surface area contributed by atoms with Crippen molar-refractivity contribution in [1.82, 2.24) is 10.3 Å². The fourth-order valence-electron chi connectivity index (χ4n) is 2.09. The van der Waals surface area contributed by atoms with Gasteiger partial charge in [-0.05, 0) is 48.0 Å². The maximum atomic E-state index is 11.9. The predicted octanol–water partition coefficient (Wildman–Crippen LogP) is 2.18. The SMILES string of the molecule is O=C1NC(=NCCCO)S/C1=C\c1ccc2ncccc2c1. The van der Waals surface area contributed by atoms with Gasteiger partial charge in [0.25, 0.3) is 5.91 Å². The topological polar surface area (TPSA) is 74.6 Å². The van der Waals surface area contributed by atoms with E-state index in [1.54, 1.807) is 6.20 Å². The molecule has 1 fully saturated rings. The summed E-state index contributed by atoms with van der Waals surface area (Å²) in [5, 5.41) is 13.1. The van der Waals surface area contributed by atoms with Gasteiger partial charge in [-0.25, -0.2) is 0 Å². The molecule has 1 amide bonds. The zero-order chi connectivity index (χ0) is 15.4. The van der Waals surface area contributed by atoms with Gasteiger partial charge in [0.15, 0.2) is 5.17 Å². The van der Waals surface area contributed by atoms with E-state index >= 15 is 0 Å². The van der Waals surface area contributed by atoms with Crippen molar-refractivity contribution in [2.24, 2.45) is 4.99 Å². The highest BCUT2D eigenvalue weighted by Crippen LogP contribution is 2.26. The van der Waals surface area contributed by atoms with Gasteiger partial charge in [0.05, 0.1) is 10.4 Å². The van der Waals surface area contributed by atoms with Gasteiger partial charge in [0, 0.05) is 24.7 Å². The van der Waals surface area contributed by atoms with Crippen molar-refractivity contribution in [3.63, 3.8) is 0 Å². The molecule has 22 heavy (non-hydrogen) atoms. The summed E-state index contributed by atoms with van der Waals surface area (Å²) >= 11 is 1.32. The number of amidine groups is 1. The van der Waals surface area contributed by atoms with Crippen molar-refractivity contribution in [3.05, 3.63) is 47.0 Å². The van der Waals surface area contributed by atoms with Crippen LogP contribution in [0.3, 0.4) is 0 Å². The normalized spacial score (nSPS) is 18.3. The van der Waals surface area contributed by atoms with Crippen LogP contribution in [0, 0.1) is 0 Å². The van der Waals surface area contributed by atoms with Crippen LogP contribution in [-0.2, 0) is 4.79 Å². The summed E-state index contributed by atoms with van der Waals surface area (Å²) in [6.45, 7) is 0.608. The molecule has 6 heteroatoms. The van der Waals surface area contributed by atoms with Gasteiger partial charge in [-0.2, -0.15) is 0 Å². The number of rotatable bonds is 4. The minimum Gasteiger partial charge on any atom is -0.396 e. The van der Waals surface area contributed by atoms with Crippen molar-refractivity contribution in [2.75, 3.05) is 13.2 Å². The first kappa shape index (κ1) is 14.7. The molecular formula is C16H15N3O2S. The summed E-state index contributed by atoms with van der Waals surface area (Å²) in [4.78, 5) is 21.1. The molecule has 2 heterocycles. The lowest BCUT2D eigenvalue weighted by Gasteiger charge is -1.99. The van der Waals surface area contributed by atoms with Gasteiger partial charge in [0.1, 0.15) is 0 Å². The third-order valence-electron chi connectivity index (χ3n) is 3.15. The fourth-order valence-corrected chi connectivity index (χ4v) is 2.93. The molecule has 1 aromatic carbocycles. The van der Waals surface area contributed by atoms with Crippen LogP contribution in [0.15, 0.2) is 46.4 Å². The molecule has 112 valence electrons. The Labute approximate surface area is 132 Å². The molecule has 0 radical (unpaired) electrons. The van der Waals surface area contributed by atoms with E-state index in [0.29, 0.717) is 23.0 Å². The Bertz CT molecular complexity index is 771. The summed E-state index contributed by atoms with van der Waals surface area (Å²) in [7, 11) is 0. The molecule has 0 saturated carbocycles. The van der Waals surface area contributed by atoms with Crippen LogP contribution < -0.4 is 5.32 Å². The number of pyridine rings is 1. The lowest BCUT2D eigenvalue weighted by atomic mass is 10.1.